The number of hydrogen-bond donors (Lipinski definition) is 2. The predicted octanol–water partition coefficient (Wildman–Crippen LogP) is 5.57. The highest BCUT2D eigenvalue weighted by Crippen LogP contribution is 2.29. The second-order valence-electron chi connectivity index (χ2n) is 7.41. The Bertz CT molecular complexity index is 851. The lowest BCUT2D eigenvalue weighted by atomic mass is 9.88. The first-order valence-corrected chi connectivity index (χ1v) is 10.2. The van der Waals surface area contributed by atoms with Crippen molar-refractivity contribution in [2.75, 3.05) is 23.3 Å². The molecule has 5 nitrogen and oxygen atoms in total. The number of carbonyl (C=O) groups is 1. The summed E-state index contributed by atoms with van der Waals surface area (Å²) in [4.78, 5) is 15.1. The van der Waals surface area contributed by atoms with Crippen molar-refractivity contribution in [3.63, 3.8) is 0 Å². The molecule has 0 spiro atoms. The number of amides is 2. The highest BCUT2D eigenvalue weighted by atomic mass is 19.4. The van der Waals surface area contributed by atoms with E-state index >= 15 is 0 Å². The van der Waals surface area contributed by atoms with Crippen LogP contribution < -0.4 is 20.3 Å². The third-order valence-electron chi connectivity index (χ3n) is 5.21. The lowest BCUT2D eigenvalue weighted by molar-refractivity contribution is -0.274. The van der Waals surface area contributed by atoms with Gasteiger partial charge in [-0.2, -0.15) is 0 Å². The zero-order valence-corrected chi connectivity index (χ0v) is 17.1. The Morgan fingerprint density at radius 3 is 2.52 bits per heavy atom. The van der Waals surface area contributed by atoms with Gasteiger partial charge in [-0.3, -0.25) is 4.90 Å². The summed E-state index contributed by atoms with van der Waals surface area (Å²) in [6, 6.07) is 14.0. The molecule has 2 atom stereocenters. The van der Waals surface area contributed by atoms with Gasteiger partial charge in [0.05, 0.1) is 0 Å². The Kier molecular flexibility index (Phi) is 7.57. The van der Waals surface area contributed by atoms with Gasteiger partial charge in [0.15, 0.2) is 0 Å². The topological polar surface area (TPSA) is 53.6 Å². The number of anilines is 2. The molecule has 2 N–H and O–H groups in total. The lowest BCUT2D eigenvalue weighted by Gasteiger charge is -2.38. The van der Waals surface area contributed by atoms with Crippen LogP contribution in [0.1, 0.15) is 19.3 Å². The summed E-state index contributed by atoms with van der Waals surface area (Å²) in [5, 5.41) is 6.20. The quantitative estimate of drug-likeness (QED) is 0.562. The van der Waals surface area contributed by atoms with Crippen molar-refractivity contribution in [1.82, 2.24) is 5.32 Å². The van der Waals surface area contributed by atoms with E-state index in [4.69, 9.17) is 0 Å². The smallest absolute Gasteiger partial charge is 0.406 e. The fourth-order valence-corrected chi connectivity index (χ4v) is 3.86. The number of halogens is 3. The van der Waals surface area contributed by atoms with E-state index in [0.29, 0.717) is 12.1 Å². The Balaban J connectivity index is 1.83. The number of benzene rings is 2. The maximum Gasteiger partial charge on any atom is 0.573 e. The van der Waals surface area contributed by atoms with E-state index in [0.717, 1.165) is 31.6 Å². The maximum atomic E-state index is 13.3. The molecule has 0 radical (unpaired) electrons. The van der Waals surface area contributed by atoms with E-state index in [1.54, 1.807) is 4.90 Å². The Morgan fingerprint density at radius 2 is 1.94 bits per heavy atom. The average Bonchev–Trinajstić information content (AvgIpc) is 2.75. The molecule has 31 heavy (non-hydrogen) atoms. The van der Waals surface area contributed by atoms with Crippen LogP contribution in [0.5, 0.6) is 5.75 Å². The number of ether oxygens (including phenoxy) is 1. The molecule has 0 saturated carbocycles. The first-order chi connectivity index (χ1) is 14.9. The van der Waals surface area contributed by atoms with Crippen molar-refractivity contribution in [3.8, 4) is 5.75 Å². The Hall–Kier alpha value is -3.00. The number of alkyl halides is 3. The molecule has 1 heterocycles. The fraction of sp³-hybridized carbons (Fsp3) is 0.348. The van der Waals surface area contributed by atoms with Crippen molar-refractivity contribution < 1.29 is 22.7 Å². The van der Waals surface area contributed by atoms with E-state index < -0.39 is 6.36 Å². The highest BCUT2D eigenvalue weighted by molar-refractivity contribution is 6.02. The summed E-state index contributed by atoms with van der Waals surface area (Å²) in [6.45, 7) is 5.63. The molecule has 166 valence electrons. The monoisotopic (exact) mass is 433 g/mol. The highest BCUT2D eigenvalue weighted by Gasteiger charge is 2.33. The van der Waals surface area contributed by atoms with Crippen LogP contribution in [0.15, 0.2) is 67.3 Å². The largest absolute Gasteiger partial charge is 0.573 e. The molecule has 1 saturated heterocycles. The number of urea groups is 1. The molecule has 1 aliphatic heterocycles. The number of nitrogens with zero attached hydrogens (tertiary/aromatic N) is 1. The third kappa shape index (κ3) is 6.49. The van der Waals surface area contributed by atoms with Crippen LogP contribution in [0.4, 0.5) is 29.3 Å². The van der Waals surface area contributed by atoms with E-state index in [2.05, 4.69) is 21.9 Å². The summed E-state index contributed by atoms with van der Waals surface area (Å²) in [5.74, 6) is -0.0940. The van der Waals surface area contributed by atoms with Crippen molar-refractivity contribution in [1.29, 1.82) is 0 Å². The Labute approximate surface area is 179 Å². The van der Waals surface area contributed by atoms with Gasteiger partial charge in [-0.05, 0) is 74.7 Å². The molecule has 0 bridgehead atoms. The molecule has 8 heteroatoms. The average molecular weight is 433 g/mol. The van der Waals surface area contributed by atoms with E-state index in [1.165, 1.54) is 24.3 Å². The zero-order chi connectivity index (χ0) is 22.3. The standard InChI is InChI=1S/C23H26F3N3O2/c1-2-7-21(17-8-6-15-27-16-17)29(19-9-4-3-5-10-19)22(30)28-18-11-13-20(14-12-18)31-23(24,25)26/h2-5,9-14,17,21,27H,1,6-8,15-16H2,(H,28,30). The number of hydrogen-bond acceptors (Lipinski definition) is 3. The van der Waals surface area contributed by atoms with Gasteiger partial charge in [0.1, 0.15) is 5.75 Å². The molecule has 2 unspecified atom stereocenters. The molecular formula is C23H26F3N3O2. The molecular weight excluding hydrogens is 407 g/mol. The van der Waals surface area contributed by atoms with Gasteiger partial charge in [0, 0.05) is 17.4 Å². The van der Waals surface area contributed by atoms with Gasteiger partial charge in [-0.25, -0.2) is 4.79 Å². The van der Waals surface area contributed by atoms with Crippen LogP contribution >= 0.6 is 0 Å². The Morgan fingerprint density at radius 1 is 1.23 bits per heavy atom. The van der Waals surface area contributed by atoms with E-state index in [9.17, 15) is 18.0 Å². The normalized spacial score (nSPS) is 17.5. The SMILES string of the molecule is C=CCC(C1CCCNC1)N(C(=O)Nc1ccc(OC(F)(F)F)cc1)c1ccccc1. The van der Waals surface area contributed by atoms with Crippen molar-refractivity contribution >= 4 is 17.4 Å². The number of piperidine rings is 1. The molecule has 1 fully saturated rings. The summed E-state index contributed by atoms with van der Waals surface area (Å²) in [5.41, 5.74) is 1.12. The van der Waals surface area contributed by atoms with Crippen molar-refractivity contribution in [2.24, 2.45) is 5.92 Å². The first kappa shape index (κ1) is 22.7. The number of para-hydroxylation sites is 1. The van der Waals surface area contributed by atoms with Crippen LogP contribution in [0.3, 0.4) is 0 Å². The van der Waals surface area contributed by atoms with E-state index in [1.807, 2.05) is 36.4 Å². The predicted molar refractivity (Wildman–Crippen MR) is 115 cm³/mol. The number of rotatable bonds is 7. The summed E-state index contributed by atoms with van der Waals surface area (Å²) >= 11 is 0. The van der Waals surface area contributed by atoms with Gasteiger partial charge in [-0.15, -0.1) is 19.8 Å². The third-order valence-corrected chi connectivity index (χ3v) is 5.21. The summed E-state index contributed by atoms with van der Waals surface area (Å²) < 4.78 is 41.0. The number of carbonyl (C=O) groups excluding carboxylic acids is 1. The fourth-order valence-electron chi connectivity index (χ4n) is 3.86. The molecule has 0 aromatic heterocycles. The van der Waals surface area contributed by atoms with Gasteiger partial charge in [0.25, 0.3) is 0 Å². The van der Waals surface area contributed by atoms with E-state index in [-0.39, 0.29) is 23.7 Å². The van der Waals surface area contributed by atoms with Crippen LogP contribution in [0.25, 0.3) is 0 Å². The molecule has 2 aromatic rings. The second kappa shape index (κ2) is 10.3. The van der Waals surface area contributed by atoms with Crippen molar-refractivity contribution in [3.05, 3.63) is 67.3 Å². The van der Waals surface area contributed by atoms with Gasteiger partial charge in [0.2, 0.25) is 0 Å². The van der Waals surface area contributed by atoms with Gasteiger partial charge >= 0.3 is 12.4 Å². The lowest BCUT2D eigenvalue weighted by Crippen LogP contribution is -2.50. The molecule has 0 aliphatic carbocycles. The number of nitrogens with one attached hydrogen (secondary N) is 2. The van der Waals surface area contributed by atoms with Gasteiger partial charge in [-0.1, -0.05) is 24.3 Å². The molecule has 2 aromatic carbocycles. The maximum absolute atomic E-state index is 13.3. The van der Waals surface area contributed by atoms with Crippen LogP contribution in [-0.2, 0) is 0 Å². The zero-order valence-electron chi connectivity index (χ0n) is 17.1. The molecule has 1 aliphatic rings. The minimum atomic E-state index is -4.76. The summed E-state index contributed by atoms with van der Waals surface area (Å²) in [7, 11) is 0. The second-order valence-corrected chi connectivity index (χ2v) is 7.41. The first-order valence-electron chi connectivity index (χ1n) is 10.2. The molecule has 3 rings (SSSR count). The minimum Gasteiger partial charge on any atom is -0.406 e. The van der Waals surface area contributed by atoms with Crippen LogP contribution in [0, 0.1) is 5.92 Å². The van der Waals surface area contributed by atoms with Crippen LogP contribution in [-0.4, -0.2) is 31.5 Å². The molecule has 2 amide bonds. The summed E-state index contributed by atoms with van der Waals surface area (Å²) in [6.07, 6.45) is -0.311. The van der Waals surface area contributed by atoms with Crippen LogP contribution in [0.2, 0.25) is 0 Å². The van der Waals surface area contributed by atoms with Crippen molar-refractivity contribution in [2.45, 2.75) is 31.7 Å². The minimum absolute atomic E-state index is 0.111. The van der Waals surface area contributed by atoms with Gasteiger partial charge < -0.3 is 15.4 Å².